The van der Waals surface area contributed by atoms with Crippen molar-refractivity contribution in [2.24, 2.45) is 0 Å². The summed E-state index contributed by atoms with van der Waals surface area (Å²) in [5.41, 5.74) is 3.78. The van der Waals surface area contributed by atoms with Gasteiger partial charge >= 0.3 is 0 Å². The number of aryl methyl sites for hydroxylation is 1. The van der Waals surface area contributed by atoms with E-state index in [-0.39, 0.29) is 0 Å². The third-order valence-corrected chi connectivity index (χ3v) is 4.44. The van der Waals surface area contributed by atoms with E-state index in [1.165, 1.54) is 11.1 Å². The van der Waals surface area contributed by atoms with E-state index in [2.05, 4.69) is 52.2 Å². The Morgan fingerprint density at radius 2 is 2.17 bits per heavy atom. The summed E-state index contributed by atoms with van der Waals surface area (Å²) in [6.45, 7) is 3.10. The van der Waals surface area contributed by atoms with Gasteiger partial charge in [-0.1, -0.05) is 29.8 Å². The van der Waals surface area contributed by atoms with Crippen LogP contribution in [0, 0.1) is 18.3 Å². The molecule has 1 fully saturated rings. The van der Waals surface area contributed by atoms with Gasteiger partial charge in [0.1, 0.15) is 11.9 Å². The van der Waals surface area contributed by atoms with E-state index in [1.807, 2.05) is 12.1 Å². The van der Waals surface area contributed by atoms with E-state index in [0.29, 0.717) is 17.4 Å². The molecule has 0 radical (unpaired) electrons. The quantitative estimate of drug-likeness (QED) is 0.729. The number of hydrogen-bond donors (Lipinski definition) is 0. The minimum absolute atomic E-state index is 0.342. The van der Waals surface area contributed by atoms with Crippen molar-refractivity contribution in [3.05, 3.63) is 59.4 Å². The summed E-state index contributed by atoms with van der Waals surface area (Å²) in [7, 11) is 0. The molecular formula is C18H17N5. The molecule has 0 spiro atoms. The molecule has 1 atom stereocenters. The molecule has 1 aliphatic heterocycles. The van der Waals surface area contributed by atoms with E-state index in [9.17, 15) is 5.26 Å². The lowest BCUT2D eigenvalue weighted by Crippen LogP contribution is -2.24. The second-order valence-electron chi connectivity index (χ2n) is 5.98. The van der Waals surface area contributed by atoms with E-state index >= 15 is 0 Å². The van der Waals surface area contributed by atoms with Crippen LogP contribution in [0.25, 0.3) is 5.65 Å². The summed E-state index contributed by atoms with van der Waals surface area (Å²) >= 11 is 0. The molecule has 0 bridgehead atoms. The molecule has 5 nitrogen and oxygen atoms in total. The van der Waals surface area contributed by atoms with E-state index in [0.717, 1.165) is 25.2 Å². The Bertz CT molecular complexity index is 905. The number of fused-ring (bicyclic) bond motifs is 1. The van der Waals surface area contributed by atoms with Crippen molar-refractivity contribution >= 4 is 11.5 Å². The molecule has 0 N–H and O–H groups in total. The lowest BCUT2D eigenvalue weighted by Gasteiger charge is -2.26. The Labute approximate surface area is 134 Å². The second-order valence-corrected chi connectivity index (χ2v) is 5.98. The molecule has 4 rings (SSSR count). The average molecular weight is 303 g/mol. The average Bonchev–Trinajstić information content (AvgIpc) is 3.21. The van der Waals surface area contributed by atoms with Crippen molar-refractivity contribution in [2.75, 3.05) is 11.4 Å². The fourth-order valence-corrected chi connectivity index (χ4v) is 3.36. The first kappa shape index (κ1) is 13.8. The van der Waals surface area contributed by atoms with E-state index in [4.69, 9.17) is 0 Å². The summed E-state index contributed by atoms with van der Waals surface area (Å²) in [5.74, 6) is 0.899. The van der Waals surface area contributed by atoms with Crippen LogP contribution in [0.4, 0.5) is 5.82 Å². The number of nitrogens with zero attached hydrogens (tertiary/aromatic N) is 5. The van der Waals surface area contributed by atoms with Crippen LogP contribution in [-0.2, 0) is 0 Å². The Morgan fingerprint density at radius 1 is 1.26 bits per heavy atom. The van der Waals surface area contributed by atoms with Crippen molar-refractivity contribution in [1.82, 2.24) is 14.6 Å². The van der Waals surface area contributed by atoms with Gasteiger partial charge in [-0.3, -0.25) is 0 Å². The Hall–Kier alpha value is -2.87. The Balaban J connectivity index is 1.75. The van der Waals surface area contributed by atoms with Gasteiger partial charge in [-0.2, -0.15) is 5.26 Å². The predicted molar refractivity (Wildman–Crippen MR) is 88.2 cm³/mol. The molecule has 5 heteroatoms. The van der Waals surface area contributed by atoms with Crippen molar-refractivity contribution in [1.29, 1.82) is 5.26 Å². The summed E-state index contributed by atoms with van der Waals surface area (Å²) < 4.78 is 1.63. The minimum Gasteiger partial charge on any atom is -0.348 e. The van der Waals surface area contributed by atoms with Gasteiger partial charge in [-0.05, 0) is 37.5 Å². The first-order chi connectivity index (χ1) is 11.3. The van der Waals surface area contributed by atoms with Crippen molar-refractivity contribution in [3.63, 3.8) is 0 Å². The zero-order chi connectivity index (χ0) is 15.8. The van der Waals surface area contributed by atoms with Gasteiger partial charge in [0.15, 0.2) is 11.3 Å². The standard InChI is InChI=1S/C18H17N5/c1-13-4-2-5-14(10-13)16-6-3-9-22(16)18-8-7-17-20-12-15(11-19)23(17)21-18/h2,4-5,7-8,10,12,16H,3,6,9H2,1H3. The molecule has 1 aromatic carbocycles. The molecule has 0 aliphatic carbocycles. The molecular weight excluding hydrogens is 286 g/mol. The molecule has 3 heterocycles. The van der Waals surface area contributed by atoms with Crippen molar-refractivity contribution < 1.29 is 0 Å². The Kier molecular flexibility index (Phi) is 3.23. The predicted octanol–water partition coefficient (Wildman–Crippen LogP) is 3.25. The monoisotopic (exact) mass is 303 g/mol. The number of hydrogen-bond acceptors (Lipinski definition) is 4. The molecule has 23 heavy (non-hydrogen) atoms. The van der Waals surface area contributed by atoms with Crippen LogP contribution in [0.3, 0.4) is 0 Å². The maximum atomic E-state index is 9.18. The normalized spacial score (nSPS) is 17.6. The molecule has 1 aliphatic rings. The third-order valence-electron chi connectivity index (χ3n) is 4.44. The van der Waals surface area contributed by atoms with Crippen LogP contribution in [0.2, 0.25) is 0 Å². The summed E-state index contributed by atoms with van der Waals surface area (Å²) in [6, 6.07) is 15.1. The second kappa shape index (κ2) is 5.40. The Morgan fingerprint density at radius 3 is 3.00 bits per heavy atom. The highest BCUT2D eigenvalue weighted by atomic mass is 15.3. The van der Waals surface area contributed by atoms with Crippen LogP contribution < -0.4 is 4.90 Å². The van der Waals surface area contributed by atoms with E-state index in [1.54, 1.807) is 10.7 Å². The number of benzene rings is 1. The molecule has 3 aromatic rings. The minimum atomic E-state index is 0.342. The highest BCUT2D eigenvalue weighted by Gasteiger charge is 2.27. The lowest BCUT2D eigenvalue weighted by molar-refractivity contribution is 0.701. The van der Waals surface area contributed by atoms with Crippen LogP contribution in [-0.4, -0.2) is 21.1 Å². The molecule has 1 unspecified atom stereocenters. The van der Waals surface area contributed by atoms with Gasteiger partial charge in [-0.15, -0.1) is 5.10 Å². The molecule has 1 saturated heterocycles. The fourth-order valence-electron chi connectivity index (χ4n) is 3.36. The largest absolute Gasteiger partial charge is 0.348 e. The zero-order valence-corrected chi connectivity index (χ0v) is 13.0. The van der Waals surface area contributed by atoms with Crippen molar-refractivity contribution in [3.8, 4) is 6.07 Å². The van der Waals surface area contributed by atoms with Crippen LogP contribution in [0.1, 0.15) is 35.7 Å². The van der Waals surface area contributed by atoms with Gasteiger partial charge in [0, 0.05) is 6.54 Å². The van der Waals surface area contributed by atoms with Gasteiger partial charge in [0.05, 0.1) is 12.2 Å². The topological polar surface area (TPSA) is 57.2 Å². The van der Waals surface area contributed by atoms with E-state index < -0.39 is 0 Å². The lowest BCUT2D eigenvalue weighted by atomic mass is 10.0. The van der Waals surface area contributed by atoms with Gasteiger partial charge < -0.3 is 4.90 Å². The highest BCUT2D eigenvalue weighted by molar-refractivity contribution is 5.50. The van der Waals surface area contributed by atoms with Crippen LogP contribution >= 0.6 is 0 Å². The fraction of sp³-hybridized carbons (Fsp3) is 0.278. The SMILES string of the molecule is Cc1cccc(C2CCCN2c2ccc3ncc(C#N)n3n2)c1. The third kappa shape index (κ3) is 2.33. The maximum Gasteiger partial charge on any atom is 0.162 e. The molecule has 0 amide bonds. The first-order valence-electron chi connectivity index (χ1n) is 7.84. The first-order valence-corrected chi connectivity index (χ1v) is 7.84. The van der Waals surface area contributed by atoms with Crippen LogP contribution in [0.5, 0.6) is 0 Å². The molecule has 0 saturated carbocycles. The van der Waals surface area contributed by atoms with Crippen LogP contribution in [0.15, 0.2) is 42.6 Å². The molecule has 2 aromatic heterocycles. The highest BCUT2D eigenvalue weighted by Crippen LogP contribution is 2.35. The van der Waals surface area contributed by atoms with Crippen molar-refractivity contribution in [2.45, 2.75) is 25.8 Å². The number of nitriles is 1. The van der Waals surface area contributed by atoms with Gasteiger partial charge in [0.25, 0.3) is 0 Å². The summed E-state index contributed by atoms with van der Waals surface area (Å²) in [6.07, 6.45) is 3.83. The number of rotatable bonds is 2. The summed E-state index contributed by atoms with van der Waals surface area (Å²) in [5, 5.41) is 13.8. The zero-order valence-electron chi connectivity index (χ0n) is 13.0. The number of aromatic nitrogens is 3. The number of imidazole rings is 1. The smallest absolute Gasteiger partial charge is 0.162 e. The van der Waals surface area contributed by atoms with Gasteiger partial charge in [0.2, 0.25) is 0 Å². The number of anilines is 1. The van der Waals surface area contributed by atoms with Gasteiger partial charge in [-0.25, -0.2) is 9.50 Å². The molecule has 114 valence electrons. The maximum absolute atomic E-state index is 9.18. The summed E-state index contributed by atoms with van der Waals surface area (Å²) in [4.78, 5) is 6.53.